The normalized spacial score (nSPS) is 18.5. The topological polar surface area (TPSA) is 83.6 Å². The molecular formula is C17H18N2O4S. The molecule has 24 heavy (non-hydrogen) atoms. The Morgan fingerprint density at radius 2 is 1.71 bits per heavy atom. The predicted molar refractivity (Wildman–Crippen MR) is 91.6 cm³/mol. The molecule has 0 saturated carbocycles. The molecule has 1 N–H and O–H groups in total. The minimum atomic E-state index is -3.89. The molecule has 0 aromatic heterocycles. The summed E-state index contributed by atoms with van der Waals surface area (Å²) in [5, 5.41) is 2.26. The van der Waals surface area contributed by atoms with E-state index in [0.717, 1.165) is 11.1 Å². The van der Waals surface area contributed by atoms with Gasteiger partial charge in [0, 0.05) is 37.0 Å². The zero-order valence-electron chi connectivity index (χ0n) is 13.4. The summed E-state index contributed by atoms with van der Waals surface area (Å²) in [6, 6.07) is 10.5. The van der Waals surface area contributed by atoms with Gasteiger partial charge in [-0.15, -0.1) is 0 Å². The van der Waals surface area contributed by atoms with Crippen LogP contribution in [0.4, 0.5) is 5.69 Å². The molecule has 0 aliphatic carbocycles. The SMILES string of the molecule is CN(C)c1cccc2c(S(=O)(=O)C3CCC(=O)NC3=O)cccc12. The summed E-state index contributed by atoms with van der Waals surface area (Å²) in [7, 11) is -0.116. The fourth-order valence-electron chi connectivity index (χ4n) is 3.03. The van der Waals surface area contributed by atoms with Gasteiger partial charge in [0.1, 0.15) is 5.25 Å². The third-order valence-corrected chi connectivity index (χ3v) is 6.38. The van der Waals surface area contributed by atoms with E-state index >= 15 is 0 Å². The number of sulfone groups is 1. The molecule has 1 saturated heterocycles. The second-order valence-electron chi connectivity index (χ2n) is 6.01. The number of piperidine rings is 1. The Hall–Kier alpha value is -2.41. The number of carbonyl (C=O) groups excluding carboxylic acids is 2. The van der Waals surface area contributed by atoms with Crippen LogP contribution in [-0.4, -0.2) is 39.6 Å². The van der Waals surface area contributed by atoms with E-state index in [1.807, 2.05) is 31.1 Å². The summed E-state index contributed by atoms with van der Waals surface area (Å²) < 4.78 is 26.0. The molecule has 126 valence electrons. The Kier molecular flexibility index (Phi) is 4.04. The van der Waals surface area contributed by atoms with Crippen molar-refractivity contribution >= 4 is 38.1 Å². The lowest BCUT2D eigenvalue weighted by atomic mass is 10.1. The first-order valence-corrected chi connectivity index (χ1v) is 9.13. The summed E-state index contributed by atoms with van der Waals surface area (Å²) in [4.78, 5) is 25.3. The van der Waals surface area contributed by atoms with E-state index in [0.29, 0.717) is 5.39 Å². The van der Waals surface area contributed by atoms with Crippen molar-refractivity contribution in [3.05, 3.63) is 36.4 Å². The van der Waals surface area contributed by atoms with E-state index in [2.05, 4.69) is 5.32 Å². The second-order valence-corrected chi connectivity index (χ2v) is 8.11. The van der Waals surface area contributed by atoms with Crippen LogP contribution in [0.3, 0.4) is 0 Å². The summed E-state index contributed by atoms with van der Waals surface area (Å²) in [5.41, 5.74) is 0.896. The molecule has 0 radical (unpaired) electrons. The molecule has 2 amide bonds. The van der Waals surface area contributed by atoms with Gasteiger partial charge >= 0.3 is 0 Å². The molecule has 1 atom stereocenters. The summed E-state index contributed by atoms with van der Waals surface area (Å²) in [6.07, 6.45) is 0.0418. The fraction of sp³-hybridized carbons (Fsp3) is 0.294. The summed E-state index contributed by atoms with van der Waals surface area (Å²) in [5.74, 6) is -1.17. The average Bonchev–Trinajstić information content (AvgIpc) is 2.53. The van der Waals surface area contributed by atoms with Crippen molar-refractivity contribution in [1.29, 1.82) is 0 Å². The maximum Gasteiger partial charge on any atom is 0.245 e. The van der Waals surface area contributed by atoms with Crippen LogP contribution in [0.25, 0.3) is 10.8 Å². The lowest BCUT2D eigenvalue weighted by Crippen LogP contribution is -2.47. The van der Waals surface area contributed by atoms with E-state index < -0.39 is 26.9 Å². The molecule has 0 bridgehead atoms. The van der Waals surface area contributed by atoms with E-state index in [1.165, 1.54) is 6.07 Å². The number of rotatable bonds is 3. The molecule has 1 aliphatic heterocycles. The van der Waals surface area contributed by atoms with Gasteiger partial charge in [-0.25, -0.2) is 8.42 Å². The summed E-state index contributed by atoms with van der Waals surface area (Å²) >= 11 is 0. The number of fused-ring (bicyclic) bond motifs is 1. The molecule has 1 fully saturated rings. The van der Waals surface area contributed by atoms with Crippen molar-refractivity contribution in [1.82, 2.24) is 5.32 Å². The number of nitrogens with zero attached hydrogens (tertiary/aromatic N) is 1. The van der Waals surface area contributed by atoms with Crippen molar-refractivity contribution in [2.24, 2.45) is 0 Å². The number of anilines is 1. The van der Waals surface area contributed by atoms with Gasteiger partial charge in [-0.2, -0.15) is 0 Å². The lowest BCUT2D eigenvalue weighted by molar-refractivity contribution is -0.132. The highest BCUT2D eigenvalue weighted by Gasteiger charge is 2.38. The van der Waals surface area contributed by atoms with E-state index in [4.69, 9.17) is 0 Å². The van der Waals surface area contributed by atoms with Crippen molar-refractivity contribution < 1.29 is 18.0 Å². The van der Waals surface area contributed by atoms with Crippen LogP contribution in [-0.2, 0) is 19.4 Å². The van der Waals surface area contributed by atoms with Gasteiger partial charge in [-0.3, -0.25) is 14.9 Å². The highest BCUT2D eigenvalue weighted by atomic mass is 32.2. The number of carbonyl (C=O) groups is 2. The standard InChI is InChI=1S/C17H18N2O4S/c1-19(2)13-7-3-6-12-11(13)5-4-8-14(12)24(22,23)15-9-10-16(20)18-17(15)21/h3-8,15H,9-10H2,1-2H3,(H,18,20,21). The first kappa shape index (κ1) is 16.4. The number of imide groups is 1. The number of hydrogen-bond acceptors (Lipinski definition) is 5. The van der Waals surface area contributed by atoms with Crippen LogP contribution in [0.5, 0.6) is 0 Å². The molecule has 7 heteroatoms. The smallest absolute Gasteiger partial charge is 0.245 e. The van der Waals surface area contributed by atoms with Crippen LogP contribution < -0.4 is 10.2 Å². The quantitative estimate of drug-likeness (QED) is 0.851. The van der Waals surface area contributed by atoms with Crippen LogP contribution in [0.15, 0.2) is 41.3 Å². The highest BCUT2D eigenvalue weighted by molar-refractivity contribution is 7.93. The van der Waals surface area contributed by atoms with Crippen molar-refractivity contribution in [3.8, 4) is 0 Å². The minimum Gasteiger partial charge on any atom is -0.377 e. The molecule has 0 spiro atoms. The van der Waals surface area contributed by atoms with Gasteiger partial charge in [-0.1, -0.05) is 24.3 Å². The molecule has 1 aliphatic rings. The third-order valence-electron chi connectivity index (χ3n) is 4.21. The first-order chi connectivity index (χ1) is 11.3. The van der Waals surface area contributed by atoms with Gasteiger partial charge in [-0.05, 0) is 18.6 Å². The zero-order chi connectivity index (χ0) is 17.5. The fourth-order valence-corrected chi connectivity index (χ4v) is 4.85. The minimum absolute atomic E-state index is 0.0107. The van der Waals surface area contributed by atoms with Crippen LogP contribution >= 0.6 is 0 Å². The van der Waals surface area contributed by atoms with E-state index in [1.54, 1.807) is 18.2 Å². The van der Waals surface area contributed by atoms with Crippen molar-refractivity contribution in [2.75, 3.05) is 19.0 Å². The van der Waals surface area contributed by atoms with Crippen molar-refractivity contribution in [2.45, 2.75) is 23.0 Å². The lowest BCUT2D eigenvalue weighted by Gasteiger charge is -2.22. The molecule has 3 rings (SSSR count). The monoisotopic (exact) mass is 346 g/mol. The highest BCUT2D eigenvalue weighted by Crippen LogP contribution is 2.33. The van der Waals surface area contributed by atoms with Gasteiger partial charge in [0.25, 0.3) is 0 Å². The molecule has 6 nitrogen and oxygen atoms in total. The van der Waals surface area contributed by atoms with Gasteiger partial charge < -0.3 is 4.90 Å². The Morgan fingerprint density at radius 1 is 1.04 bits per heavy atom. The Labute approximate surface area is 140 Å². The average molecular weight is 346 g/mol. The number of nitrogens with one attached hydrogen (secondary N) is 1. The number of amides is 2. The number of benzene rings is 2. The van der Waals surface area contributed by atoms with Crippen LogP contribution in [0.1, 0.15) is 12.8 Å². The maximum atomic E-state index is 13.0. The Balaban J connectivity index is 2.17. The van der Waals surface area contributed by atoms with Crippen LogP contribution in [0, 0.1) is 0 Å². The Bertz CT molecular complexity index is 935. The van der Waals surface area contributed by atoms with Crippen LogP contribution in [0.2, 0.25) is 0 Å². The molecule has 2 aromatic rings. The van der Waals surface area contributed by atoms with Crippen molar-refractivity contribution in [3.63, 3.8) is 0 Å². The molecule has 1 heterocycles. The molecule has 2 aromatic carbocycles. The van der Waals surface area contributed by atoms with E-state index in [-0.39, 0.29) is 17.7 Å². The molecular weight excluding hydrogens is 328 g/mol. The number of hydrogen-bond donors (Lipinski definition) is 1. The van der Waals surface area contributed by atoms with E-state index in [9.17, 15) is 18.0 Å². The second kappa shape index (κ2) is 5.90. The Morgan fingerprint density at radius 3 is 2.38 bits per heavy atom. The largest absolute Gasteiger partial charge is 0.377 e. The predicted octanol–water partition coefficient (Wildman–Crippen LogP) is 1.48. The zero-order valence-corrected chi connectivity index (χ0v) is 14.3. The third kappa shape index (κ3) is 2.65. The van der Waals surface area contributed by atoms with Gasteiger partial charge in [0.2, 0.25) is 11.8 Å². The maximum absolute atomic E-state index is 13.0. The van der Waals surface area contributed by atoms with Gasteiger partial charge in [0.05, 0.1) is 4.90 Å². The first-order valence-electron chi connectivity index (χ1n) is 7.59. The van der Waals surface area contributed by atoms with Gasteiger partial charge in [0.15, 0.2) is 9.84 Å². The molecule has 1 unspecified atom stereocenters. The summed E-state index contributed by atoms with van der Waals surface area (Å²) in [6.45, 7) is 0.